The molecule has 7 heteroatoms. The molecule has 0 spiro atoms. The SMILES string of the molecule is COC1(CNc2nc(C(N)C(=O)O)cs2)CCC1. The van der Waals surface area contributed by atoms with Crippen molar-refractivity contribution in [3.63, 3.8) is 0 Å². The Morgan fingerprint density at radius 2 is 2.50 bits per heavy atom. The van der Waals surface area contributed by atoms with Crippen LogP contribution in [-0.4, -0.2) is 35.3 Å². The van der Waals surface area contributed by atoms with Crippen LogP contribution in [0.5, 0.6) is 0 Å². The molecule has 1 heterocycles. The third kappa shape index (κ3) is 2.63. The molecule has 1 aliphatic rings. The van der Waals surface area contributed by atoms with E-state index in [1.165, 1.54) is 17.8 Å². The number of methoxy groups -OCH3 is 1. The second-order valence-electron chi connectivity index (χ2n) is 4.49. The molecule has 0 aromatic carbocycles. The van der Waals surface area contributed by atoms with Crippen molar-refractivity contribution in [2.24, 2.45) is 5.73 Å². The molecule has 6 nitrogen and oxygen atoms in total. The lowest BCUT2D eigenvalue weighted by Gasteiger charge is -2.40. The molecule has 0 bridgehead atoms. The van der Waals surface area contributed by atoms with Crippen molar-refractivity contribution < 1.29 is 14.6 Å². The number of ether oxygens (including phenoxy) is 1. The number of aromatic nitrogens is 1. The number of nitrogens with one attached hydrogen (secondary N) is 1. The highest BCUT2D eigenvalue weighted by Gasteiger charge is 2.36. The predicted molar refractivity (Wildman–Crippen MR) is 68.8 cm³/mol. The van der Waals surface area contributed by atoms with E-state index in [0.29, 0.717) is 17.4 Å². The molecule has 1 atom stereocenters. The van der Waals surface area contributed by atoms with Crippen LogP contribution in [0, 0.1) is 0 Å². The van der Waals surface area contributed by atoms with Gasteiger partial charge in [-0.05, 0) is 19.3 Å². The standard InChI is InChI=1S/C11H17N3O3S/c1-17-11(3-2-4-11)6-13-10-14-7(5-18-10)8(12)9(15)16/h5,8H,2-4,6,12H2,1H3,(H,13,14)(H,15,16). The molecule has 1 aromatic heterocycles. The van der Waals surface area contributed by atoms with Gasteiger partial charge in [0.15, 0.2) is 5.13 Å². The van der Waals surface area contributed by atoms with E-state index in [1.54, 1.807) is 12.5 Å². The van der Waals surface area contributed by atoms with E-state index in [-0.39, 0.29) is 5.60 Å². The molecule has 100 valence electrons. The van der Waals surface area contributed by atoms with Crippen LogP contribution in [0.15, 0.2) is 5.38 Å². The molecule has 1 fully saturated rings. The third-order valence-electron chi connectivity index (χ3n) is 3.37. The maximum absolute atomic E-state index is 10.7. The Kier molecular flexibility index (Phi) is 3.84. The lowest BCUT2D eigenvalue weighted by molar-refractivity contribution is -0.138. The monoisotopic (exact) mass is 271 g/mol. The molecule has 0 aliphatic heterocycles. The van der Waals surface area contributed by atoms with Crippen molar-refractivity contribution in [3.05, 3.63) is 11.1 Å². The maximum Gasteiger partial charge on any atom is 0.326 e. The summed E-state index contributed by atoms with van der Waals surface area (Å²) in [7, 11) is 1.72. The topological polar surface area (TPSA) is 97.5 Å². The van der Waals surface area contributed by atoms with Crippen LogP contribution in [0.1, 0.15) is 31.0 Å². The Morgan fingerprint density at radius 1 is 1.78 bits per heavy atom. The molecule has 0 amide bonds. The highest BCUT2D eigenvalue weighted by molar-refractivity contribution is 7.13. The van der Waals surface area contributed by atoms with Crippen molar-refractivity contribution in [1.82, 2.24) is 4.98 Å². The zero-order valence-corrected chi connectivity index (χ0v) is 11.0. The van der Waals surface area contributed by atoms with Crippen LogP contribution in [0.2, 0.25) is 0 Å². The van der Waals surface area contributed by atoms with E-state index in [9.17, 15) is 4.79 Å². The largest absolute Gasteiger partial charge is 0.480 e. The average Bonchev–Trinajstić information content (AvgIpc) is 2.76. The quantitative estimate of drug-likeness (QED) is 0.719. The second-order valence-corrected chi connectivity index (χ2v) is 5.35. The van der Waals surface area contributed by atoms with Gasteiger partial charge >= 0.3 is 5.97 Å². The van der Waals surface area contributed by atoms with Gasteiger partial charge in [-0.2, -0.15) is 0 Å². The van der Waals surface area contributed by atoms with Crippen molar-refractivity contribution >= 4 is 22.4 Å². The number of anilines is 1. The minimum absolute atomic E-state index is 0.0826. The van der Waals surface area contributed by atoms with Gasteiger partial charge in [-0.25, -0.2) is 4.98 Å². The zero-order chi connectivity index (χ0) is 13.2. The van der Waals surface area contributed by atoms with Gasteiger partial charge < -0.3 is 20.9 Å². The summed E-state index contributed by atoms with van der Waals surface area (Å²) in [5, 5.41) is 14.3. The molecule has 0 saturated heterocycles. The Balaban J connectivity index is 1.92. The van der Waals surface area contributed by atoms with Gasteiger partial charge in [-0.15, -0.1) is 11.3 Å². The smallest absolute Gasteiger partial charge is 0.326 e. The fourth-order valence-corrected chi connectivity index (χ4v) is 2.64. The average molecular weight is 271 g/mol. The fourth-order valence-electron chi connectivity index (χ4n) is 1.90. The Labute approximate surface area is 109 Å². The van der Waals surface area contributed by atoms with E-state index >= 15 is 0 Å². The van der Waals surface area contributed by atoms with Gasteiger partial charge in [0, 0.05) is 19.0 Å². The number of hydrogen-bond donors (Lipinski definition) is 3. The van der Waals surface area contributed by atoms with Crippen LogP contribution in [0.3, 0.4) is 0 Å². The molecule has 1 aliphatic carbocycles. The Bertz CT molecular complexity index is 425. The lowest BCUT2D eigenvalue weighted by atomic mass is 9.80. The molecule has 18 heavy (non-hydrogen) atoms. The number of nitrogens with two attached hydrogens (primary N) is 1. The molecule has 4 N–H and O–H groups in total. The summed E-state index contributed by atoms with van der Waals surface area (Å²) in [4.78, 5) is 14.9. The second kappa shape index (κ2) is 5.21. The maximum atomic E-state index is 10.7. The third-order valence-corrected chi connectivity index (χ3v) is 4.18. The number of carbonyl (C=O) groups is 1. The van der Waals surface area contributed by atoms with Crippen molar-refractivity contribution in [2.45, 2.75) is 30.9 Å². The van der Waals surface area contributed by atoms with Gasteiger partial charge in [0.25, 0.3) is 0 Å². The highest BCUT2D eigenvalue weighted by Crippen LogP contribution is 2.35. The summed E-state index contributed by atoms with van der Waals surface area (Å²) in [5.74, 6) is -1.07. The summed E-state index contributed by atoms with van der Waals surface area (Å²) in [5.41, 5.74) is 5.79. The molecule has 1 unspecified atom stereocenters. The number of carboxylic acids is 1. The minimum Gasteiger partial charge on any atom is -0.480 e. The summed E-state index contributed by atoms with van der Waals surface area (Å²) < 4.78 is 5.48. The van der Waals surface area contributed by atoms with Gasteiger partial charge in [0.2, 0.25) is 0 Å². The number of nitrogens with zero attached hydrogens (tertiary/aromatic N) is 1. The molecule has 1 aromatic rings. The molecule has 0 radical (unpaired) electrons. The van der Waals surface area contributed by atoms with E-state index < -0.39 is 12.0 Å². The van der Waals surface area contributed by atoms with Gasteiger partial charge in [-0.1, -0.05) is 0 Å². The summed E-state index contributed by atoms with van der Waals surface area (Å²) >= 11 is 1.36. The van der Waals surface area contributed by atoms with E-state index in [4.69, 9.17) is 15.6 Å². The summed E-state index contributed by atoms with van der Waals surface area (Å²) in [6.07, 6.45) is 3.27. The van der Waals surface area contributed by atoms with Gasteiger partial charge in [-0.3, -0.25) is 4.79 Å². The van der Waals surface area contributed by atoms with E-state index in [2.05, 4.69) is 10.3 Å². The van der Waals surface area contributed by atoms with E-state index in [0.717, 1.165) is 12.8 Å². The number of carboxylic acid groups (broad SMARTS) is 1. The first kappa shape index (κ1) is 13.3. The molecule has 1 saturated carbocycles. The zero-order valence-electron chi connectivity index (χ0n) is 10.2. The van der Waals surface area contributed by atoms with Crippen molar-refractivity contribution in [2.75, 3.05) is 19.0 Å². The minimum atomic E-state index is -1.07. The van der Waals surface area contributed by atoms with Crippen LogP contribution in [-0.2, 0) is 9.53 Å². The predicted octanol–water partition coefficient (Wildman–Crippen LogP) is 1.21. The lowest BCUT2D eigenvalue weighted by Crippen LogP contribution is -2.45. The molecular weight excluding hydrogens is 254 g/mol. The summed E-state index contributed by atoms with van der Waals surface area (Å²) in [6, 6.07) is -1.06. The number of aliphatic carboxylic acids is 1. The molecular formula is C11H17N3O3S. The first-order valence-electron chi connectivity index (χ1n) is 5.79. The summed E-state index contributed by atoms with van der Waals surface area (Å²) in [6.45, 7) is 0.693. The van der Waals surface area contributed by atoms with Crippen LogP contribution < -0.4 is 11.1 Å². The van der Waals surface area contributed by atoms with Crippen LogP contribution in [0.25, 0.3) is 0 Å². The van der Waals surface area contributed by atoms with Gasteiger partial charge in [0.05, 0.1) is 11.3 Å². The number of rotatable bonds is 6. The molecule has 2 rings (SSSR count). The number of thiazole rings is 1. The van der Waals surface area contributed by atoms with Crippen LogP contribution in [0.4, 0.5) is 5.13 Å². The first-order chi connectivity index (χ1) is 8.56. The fraction of sp³-hybridized carbons (Fsp3) is 0.636. The first-order valence-corrected chi connectivity index (χ1v) is 6.67. The van der Waals surface area contributed by atoms with E-state index in [1.807, 2.05) is 0 Å². The van der Waals surface area contributed by atoms with Crippen LogP contribution >= 0.6 is 11.3 Å². The van der Waals surface area contributed by atoms with Crippen molar-refractivity contribution in [1.29, 1.82) is 0 Å². The Hall–Kier alpha value is -1.18. The number of hydrogen-bond acceptors (Lipinski definition) is 6. The Morgan fingerprint density at radius 3 is 3.00 bits per heavy atom. The normalized spacial score (nSPS) is 19.0. The highest BCUT2D eigenvalue weighted by atomic mass is 32.1. The van der Waals surface area contributed by atoms with Crippen molar-refractivity contribution in [3.8, 4) is 0 Å². The van der Waals surface area contributed by atoms with Gasteiger partial charge in [0.1, 0.15) is 6.04 Å².